The smallest absolute Gasteiger partial charge is 0.129 e. The Morgan fingerprint density at radius 3 is 2.71 bits per heavy atom. The number of carbonyl (C=O) groups excluding carboxylic acids is 1. The van der Waals surface area contributed by atoms with Gasteiger partial charge in [0.05, 0.1) is 6.10 Å². The first-order valence-electron chi connectivity index (χ1n) is 12.1. The molecule has 4 aliphatic rings. The number of Topliss-reactive ketones (excluding diaryl/α,β-unsaturated/α-hetero) is 1. The van der Waals surface area contributed by atoms with Crippen LogP contribution in [0, 0.1) is 40.4 Å². The predicted octanol–water partition coefficient (Wildman–Crippen LogP) is 6.32. The summed E-state index contributed by atoms with van der Waals surface area (Å²) in [5.74, 6) is 4.52. The van der Waals surface area contributed by atoms with Gasteiger partial charge in [0, 0.05) is 6.42 Å². The molecule has 3 saturated carbocycles. The van der Waals surface area contributed by atoms with E-state index < -0.39 is 0 Å². The highest BCUT2D eigenvalue weighted by atomic mass is 16.3. The van der Waals surface area contributed by atoms with Gasteiger partial charge in [-0.05, 0) is 105 Å². The fourth-order valence-electron chi connectivity index (χ4n) is 8.49. The van der Waals surface area contributed by atoms with Gasteiger partial charge < -0.3 is 9.90 Å². The molecule has 0 aromatic carbocycles. The Morgan fingerprint density at radius 2 is 1.96 bits per heavy atom. The first-order valence-corrected chi connectivity index (χ1v) is 12.1. The average molecular weight is 387 g/mol. The van der Waals surface area contributed by atoms with E-state index in [0.29, 0.717) is 16.6 Å². The van der Waals surface area contributed by atoms with E-state index in [1.807, 2.05) is 0 Å². The van der Waals surface area contributed by atoms with Crippen molar-refractivity contribution < 1.29 is 9.90 Å². The minimum Gasteiger partial charge on any atom is -0.393 e. The highest BCUT2D eigenvalue weighted by Crippen LogP contribution is 2.67. The van der Waals surface area contributed by atoms with Crippen molar-refractivity contribution in [1.29, 1.82) is 0 Å². The largest absolute Gasteiger partial charge is 0.393 e. The van der Waals surface area contributed by atoms with Crippen LogP contribution in [0.3, 0.4) is 0 Å². The van der Waals surface area contributed by atoms with Gasteiger partial charge in [-0.2, -0.15) is 0 Å². The SMILES string of the molecule is CC(=O)CCC[C@@H](C)[C@H]1CC[C@@H]2[C@@H]3CC=C4C[C@@H](O)CC[C@]4(C)[C@H]3CC[C@@]21C. The van der Waals surface area contributed by atoms with Gasteiger partial charge in [0.1, 0.15) is 5.78 Å². The number of ketones is 1. The van der Waals surface area contributed by atoms with Crippen molar-refractivity contribution in [1.82, 2.24) is 0 Å². The van der Waals surface area contributed by atoms with Crippen molar-refractivity contribution in [3.63, 3.8) is 0 Å². The van der Waals surface area contributed by atoms with Crippen LogP contribution in [0.5, 0.6) is 0 Å². The summed E-state index contributed by atoms with van der Waals surface area (Å²) in [5, 5.41) is 10.2. The van der Waals surface area contributed by atoms with E-state index in [1.54, 1.807) is 12.5 Å². The fraction of sp³-hybridized carbons (Fsp3) is 0.885. The zero-order valence-electron chi connectivity index (χ0n) is 18.7. The van der Waals surface area contributed by atoms with Gasteiger partial charge in [-0.25, -0.2) is 0 Å². The monoisotopic (exact) mass is 386 g/mol. The van der Waals surface area contributed by atoms with E-state index in [1.165, 1.54) is 44.9 Å². The molecule has 8 atom stereocenters. The van der Waals surface area contributed by atoms with E-state index >= 15 is 0 Å². The van der Waals surface area contributed by atoms with E-state index in [4.69, 9.17) is 0 Å². The molecule has 2 nitrogen and oxygen atoms in total. The molecule has 0 spiro atoms. The Morgan fingerprint density at radius 1 is 1.18 bits per heavy atom. The molecule has 2 heteroatoms. The van der Waals surface area contributed by atoms with Crippen molar-refractivity contribution >= 4 is 5.78 Å². The van der Waals surface area contributed by atoms with Gasteiger partial charge in [-0.3, -0.25) is 0 Å². The Hall–Kier alpha value is -0.630. The molecule has 0 heterocycles. The van der Waals surface area contributed by atoms with Crippen LogP contribution in [0.25, 0.3) is 0 Å². The Labute approximate surface area is 172 Å². The van der Waals surface area contributed by atoms with E-state index in [-0.39, 0.29) is 6.10 Å². The lowest BCUT2D eigenvalue weighted by atomic mass is 9.47. The molecule has 4 aliphatic carbocycles. The number of aliphatic hydroxyl groups is 1. The summed E-state index contributed by atoms with van der Waals surface area (Å²) in [5.41, 5.74) is 2.45. The Balaban J connectivity index is 1.50. The number of hydrogen-bond acceptors (Lipinski definition) is 2. The van der Waals surface area contributed by atoms with Crippen LogP contribution in [0.15, 0.2) is 11.6 Å². The molecule has 28 heavy (non-hydrogen) atoms. The number of fused-ring (bicyclic) bond motifs is 5. The maximum atomic E-state index is 11.3. The van der Waals surface area contributed by atoms with Crippen LogP contribution < -0.4 is 0 Å². The van der Waals surface area contributed by atoms with Crippen LogP contribution in [-0.4, -0.2) is 17.0 Å². The van der Waals surface area contributed by atoms with Gasteiger partial charge in [-0.15, -0.1) is 0 Å². The van der Waals surface area contributed by atoms with Gasteiger partial charge in [0.2, 0.25) is 0 Å². The van der Waals surface area contributed by atoms with Gasteiger partial charge in [-0.1, -0.05) is 38.8 Å². The third-order valence-electron chi connectivity index (χ3n) is 10.0. The van der Waals surface area contributed by atoms with Gasteiger partial charge >= 0.3 is 0 Å². The quantitative estimate of drug-likeness (QED) is 0.561. The molecule has 0 radical (unpaired) electrons. The van der Waals surface area contributed by atoms with Gasteiger partial charge in [0.25, 0.3) is 0 Å². The zero-order valence-corrected chi connectivity index (χ0v) is 18.7. The summed E-state index contributed by atoms with van der Waals surface area (Å²) < 4.78 is 0. The van der Waals surface area contributed by atoms with E-state index in [2.05, 4.69) is 26.8 Å². The third kappa shape index (κ3) is 3.32. The molecule has 4 rings (SSSR count). The molecule has 0 saturated heterocycles. The molecular formula is C26H42O2. The molecule has 0 amide bonds. The molecule has 0 unspecified atom stereocenters. The average Bonchev–Trinajstić information content (AvgIpc) is 2.99. The summed E-state index contributed by atoms with van der Waals surface area (Å²) in [6.45, 7) is 9.35. The molecule has 0 aromatic rings. The summed E-state index contributed by atoms with van der Waals surface area (Å²) in [4.78, 5) is 11.3. The van der Waals surface area contributed by atoms with E-state index in [0.717, 1.165) is 55.3 Å². The number of carbonyl (C=O) groups is 1. The summed E-state index contributed by atoms with van der Waals surface area (Å²) in [6, 6.07) is 0. The number of hydrogen-bond donors (Lipinski definition) is 1. The van der Waals surface area contributed by atoms with Crippen molar-refractivity contribution in [2.24, 2.45) is 40.4 Å². The molecule has 1 N–H and O–H groups in total. The second kappa shape index (κ2) is 7.56. The lowest BCUT2D eigenvalue weighted by Crippen LogP contribution is -2.50. The van der Waals surface area contributed by atoms with Crippen molar-refractivity contribution in [3.8, 4) is 0 Å². The third-order valence-corrected chi connectivity index (χ3v) is 10.0. The maximum Gasteiger partial charge on any atom is 0.129 e. The summed E-state index contributed by atoms with van der Waals surface area (Å²) >= 11 is 0. The van der Waals surface area contributed by atoms with Crippen LogP contribution in [0.4, 0.5) is 0 Å². The summed E-state index contributed by atoms with van der Waals surface area (Å²) in [6.07, 6.45) is 15.5. The van der Waals surface area contributed by atoms with Crippen molar-refractivity contribution in [2.45, 2.75) is 104 Å². The number of rotatable bonds is 5. The highest BCUT2D eigenvalue weighted by Gasteiger charge is 2.59. The molecule has 3 fully saturated rings. The number of aliphatic hydroxyl groups excluding tert-OH is 1. The molecule has 158 valence electrons. The molecule has 0 aromatic heterocycles. The topological polar surface area (TPSA) is 37.3 Å². The highest BCUT2D eigenvalue weighted by molar-refractivity contribution is 5.75. The molecule has 0 bridgehead atoms. The van der Waals surface area contributed by atoms with Crippen LogP contribution in [0.2, 0.25) is 0 Å². The second-order valence-electron chi connectivity index (χ2n) is 11.5. The second-order valence-corrected chi connectivity index (χ2v) is 11.5. The van der Waals surface area contributed by atoms with Crippen LogP contribution in [0.1, 0.15) is 98.3 Å². The van der Waals surface area contributed by atoms with E-state index in [9.17, 15) is 9.90 Å². The first kappa shape index (κ1) is 20.6. The summed E-state index contributed by atoms with van der Waals surface area (Å²) in [7, 11) is 0. The zero-order chi connectivity index (χ0) is 20.1. The Kier molecular flexibility index (Phi) is 5.57. The van der Waals surface area contributed by atoms with Crippen molar-refractivity contribution in [2.75, 3.05) is 0 Å². The molecule has 0 aliphatic heterocycles. The predicted molar refractivity (Wildman–Crippen MR) is 115 cm³/mol. The standard InChI is InChI=1S/C26H42O2/c1-17(6-5-7-18(2)27)22-10-11-23-21-9-8-19-16-20(28)12-14-25(19,3)24(21)13-15-26(22,23)4/h8,17,20-24,28H,5-7,9-16H2,1-4H3/t17-,20+,21+,22-,23-,24+,25+,26-/m1/s1. The number of allylic oxidation sites excluding steroid dienone is 1. The lowest BCUT2D eigenvalue weighted by molar-refractivity contribution is -0.117. The lowest BCUT2D eigenvalue weighted by Gasteiger charge is -2.58. The van der Waals surface area contributed by atoms with Crippen molar-refractivity contribution in [3.05, 3.63) is 11.6 Å². The minimum atomic E-state index is -0.101. The Bertz CT molecular complexity index is 636. The van der Waals surface area contributed by atoms with Crippen LogP contribution >= 0.6 is 0 Å². The fourth-order valence-corrected chi connectivity index (χ4v) is 8.49. The molecular weight excluding hydrogens is 344 g/mol. The first-order chi connectivity index (χ1) is 13.3. The minimum absolute atomic E-state index is 0.101. The normalized spacial score (nSPS) is 46.2. The van der Waals surface area contributed by atoms with Gasteiger partial charge in [0.15, 0.2) is 0 Å². The maximum absolute atomic E-state index is 11.3. The van der Waals surface area contributed by atoms with Crippen LogP contribution in [-0.2, 0) is 4.79 Å².